The smallest absolute Gasteiger partial charge is 0.351 e. The van der Waals surface area contributed by atoms with Gasteiger partial charge in [-0.25, -0.2) is 18.9 Å². The minimum atomic E-state index is -0.447. The molecule has 0 spiro atoms. The van der Waals surface area contributed by atoms with Crippen molar-refractivity contribution < 1.29 is 9.53 Å². The molecule has 0 atom stereocenters. The highest BCUT2D eigenvalue weighted by Gasteiger charge is 2.16. The lowest BCUT2D eigenvalue weighted by Crippen LogP contribution is -2.28. The predicted molar refractivity (Wildman–Crippen MR) is 113 cm³/mol. The lowest BCUT2D eigenvalue weighted by molar-refractivity contribution is -0.117. The van der Waals surface area contributed by atoms with E-state index in [9.17, 15) is 9.59 Å². The SMILES string of the molecule is Cc1ccc(NC(=O)Cn2nc3c(Oc4ccccc4C)nccn3c2=O)cc1C. The molecule has 30 heavy (non-hydrogen) atoms. The molecule has 2 aromatic carbocycles. The molecule has 0 aliphatic rings. The van der Waals surface area contributed by atoms with E-state index in [4.69, 9.17) is 4.74 Å². The summed E-state index contributed by atoms with van der Waals surface area (Å²) in [6.07, 6.45) is 2.95. The highest BCUT2D eigenvalue weighted by atomic mass is 16.5. The average molecular weight is 403 g/mol. The van der Waals surface area contributed by atoms with Crippen LogP contribution in [0.3, 0.4) is 0 Å². The van der Waals surface area contributed by atoms with E-state index < -0.39 is 5.69 Å². The highest BCUT2D eigenvalue weighted by molar-refractivity contribution is 5.90. The minimum absolute atomic E-state index is 0.192. The molecule has 0 aliphatic heterocycles. The zero-order valence-electron chi connectivity index (χ0n) is 16.9. The first kappa shape index (κ1) is 19.4. The number of fused-ring (bicyclic) bond motifs is 1. The number of carbonyl (C=O) groups is 1. The van der Waals surface area contributed by atoms with Crippen molar-refractivity contribution in [2.75, 3.05) is 5.32 Å². The van der Waals surface area contributed by atoms with Gasteiger partial charge in [-0.1, -0.05) is 24.3 Å². The fourth-order valence-electron chi connectivity index (χ4n) is 3.03. The summed E-state index contributed by atoms with van der Waals surface area (Å²) in [6, 6.07) is 13.1. The largest absolute Gasteiger partial charge is 0.436 e. The van der Waals surface area contributed by atoms with Gasteiger partial charge in [0.05, 0.1) is 0 Å². The lowest BCUT2D eigenvalue weighted by atomic mass is 10.1. The highest BCUT2D eigenvalue weighted by Crippen LogP contribution is 2.24. The fraction of sp³-hybridized carbons (Fsp3) is 0.182. The standard InChI is InChI=1S/C22H21N5O3/c1-14-8-9-17(12-16(14)3)24-19(28)13-27-22(29)26-11-10-23-21(20(26)25-27)30-18-7-5-4-6-15(18)2/h4-12H,13H2,1-3H3,(H,24,28). The van der Waals surface area contributed by atoms with E-state index in [1.165, 1.54) is 16.8 Å². The van der Waals surface area contributed by atoms with Crippen molar-refractivity contribution in [2.45, 2.75) is 27.3 Å². The molecule has 4 aromatic rings. The number of carbonyl (C=O) groups excluding carboxylic acids is 1. The van der Waals surface area contributed by atoms with Crippen LogP contribution in [-0.4, -0.2) is 25.1 Å². The van der Waals surface area contributed by atoms with Crippen LogP contribution < -0.4 is 15.7 Å². The van der Waals surface area contributed by atoms with E-state index in [2.05, 4.69) is 15.4 Å². The van der Waals surface area contributed by atoms with E-state index >= 15 is 0 Å². The van der Waals surface area contributed by atoms with Crippen LogP contribution in [0.4, 0.5) is 5.69 Å². The monoisotopic (exact) mass is 403 g/mol. The first-order chi connectivity index (χ1) is 14.4. The molecule has 8 nitrogen and oxygen atoms in total. The third-order valence-corrected chi connectivity index (χ3v) is 4.85. The van der Waals surface area contributed by atoms with Crippen LogP contribution in [0.15, 0.2) is 59.7 Å². The number of rotatable bonds is 5. The molecule has 0 saturated carbocycles. The second-order valence-electron chi connectivity index (χ2n) is 7.08. The van der Waals surface area contributed by atoms with E-state index in [1.807, 2.05) is 63.2 Å². The Hall–Kier alpha value is -3.94. The van der Waals surface area contributed by atoms with Crippen molar-refractivity contribution in [1.82, 2.24) is 19.2 Å². The van der Waals surface area contributed by atoms with E-state index in [1.54, 1.807) is 0 Å². The quantitative estimate of drug-likeness (QED) is 0.552. The van der Waals surface area contributed by atoms with Gasteiger partial charge in [0, 0.05) is 18.1 Å². The van der Waals surface area contributed by atoms with Crippen LogP contribution in [0.2, 0.25) is 0 Å². The van der Waals surface area contributed by atoms with Gasteiger partial charge in [0.15, 0.2) is 0 Å². The van der Waals surface area contributed by atoms with Gasteiger partial charge in [0.25, 0.3) is 5.88 Å². The summed E-state index contributed by atoms with van der Waals surface area (Å²) >= 11 is 0. The van der Waals surface area contributed by atoms with Gasteiger partial charge >= 0.3 is 5.69 Å². The Labute approximate surface area is 172 Å². The molecule has 152 valence electrons. The van der Waals surface area contributed by atoms with Gasteiger partial charge < -0.3 is 10.1 Å². The molecule has 0 saturated heterocycles. The second kappa shape index (κ2) is 7.82. The molecule has 4 rings (SSSR count). The van der Waals surface area contributed by atoms with Gasteiger partial charge in [-0.15, -0.1) is 5.10 Å². The minimum Gasteiger partial charge on any atom is -0.436 e. The Morgan fingerprint density at radius 2 is 1.87 bits per heavy atom. The summed E-state index contributed by atoms with van der Waals surface area (Å²) in [5, 5.41) is 7.07. The molecule has 2 heterocycles. The number of hydrogen-bond acceptors (Lipinski definition) is 5. The summed E-state index contributed by atoms with van der Waals surface area (Å²) in [5.74, 6) is 0.461. The second-order valence-corrected chi connectivity index (χ2v) is 7.08. The van der Waals surface area contributed by atoms with Crippen molar-refractivity contribution in [2.24, 2.45) is 0 Å². The molecule has 1 amide bonds. The molecular weight excluding hydrogens is 382 g/mol. The normalized spacial score (nSPS) is 10.9. The van der Waals surface area contributed by atoms with Crippen molar-refractivity contribution in [3.8, 4) is 11.6 Å². The summed E-state index contributed by atoms with van der Waals surface area (Å²) < 4.78 is 8.27. The number of benzene rings is 2. The van der Waals surface area contributed by atoms with Gasteiger partial charge in [0.1, 0.15) is 12.3 Å². The maximum atomic E-state index is 12.7. The number of para-hydroxylation sites is 1. The topological polar surface area (TPSA) is 90.5 Å². The van der Waals surface area contributed by atoms with Crippen molar-refractivity contribution in [3.63, 3.8) is 0 Å². The molecule has 0 fully saturated rings. The zero-order valence-corrected chi connectivity index (χ0v) is 16.9. The molecule has 0 unspecified atom stereocenters. The lowest BCUT2D eigenvalue weighted by Gasteiger charge is -2.07. The van der Waals surface area contributed by atoms with E-state index in [-0.39, 0.29) is 24.0 Å². The third-order valence-electron chi connectivity index (χ3n) is 4.85. The number of nitrogens with one attached hydrogen (secondary N) is 1. The molecule has 8 heteroatoms. The number of hydrogen-bond donors (Lipinski definition) is 1. The van der Waals surface area contributed by atoms with Crippen molar-refractivity contribution in [1.29, 1.82) is 0 Å². The number of nitrogens with zero attached hydrogens (tertiary/aromatic N) is 4. The van der Waals surface area contributed by atoms with E-state index in [0.717, 1.165) is 21.4 Å². The third kappa shape index (κ3) is 3.80. The van der Waals surface area contributed by atoms with Gasteiger partial charge in [0.2, 0.25) is 11.6 Å². The van der Waals surface area contributed by atoms with Crippen LogP contribution >= 0.6 is 0 Å². The van der Waals surface area contributed by atoms with Crippen molar-refractivity contribution >= 4 is 17.2 Å². The average Bonchev–Trinajstić information content (AvgIpc) is 3.03. The zero-order chi connectivity index (χ0) is 21.3. The summed E-state index contributed by atoms with van der Waals surface area (Å²) in [7, 11) is 0. The first-order valence-corrected chi connectivity index (χ1v) is 9.47. The first-order valence-electron chi connectivity index (χ1n) is 9.47. The summed E-state index contributed by atoms with van der Waals surface area (Å²) in [6.45, 7) is 5.66. The molecule has 0 radical (unpaired) electrons. The predicted octanol–water partition coefficient (Wildman–Crippen LogP) is 3.25. The fourth-order valence-corrected chi connectivity index (χ4v) is 3.03. The number of ether oxygens (including phenoxy) is 1. The van der Waals surface area contributed by atoms with Gasteiger partial charge in [-0.2, -0.15) is 0 Å². The number of anilines is 1. The summed E-state index contributed by atoms with van der Waals surface area (Å²) in [5.41, 5.74) is 3.60. The Balaban J connectivity index is 1.60. The molecule has 1 N–H and O–H groups in total. The van der Waals surface area contributed by atoms with Crippen molar-refractivity contribution in [3.05, 3.63) is 82.0 Å². The van der Waals surface area contributed by atoms with Crippen LogP contribution in [-0.2, 0) is 11.3 Å². The Bertz CT molecular complexity index is 1310. The van der Waals surface area contributed by atoms with Crippen LogP contribution in [0, 0.1) is 20.8 Å². The van der Waals surface area contributed by atoms with E-state index in [0.29, 0.717) is 11.4 Å². The number of aryl methyl sites for hydroxylation is 3. The number of aromatic nitrogens is 4. The van der Waals surface area contributed by atoms with Gasteiger partial charge in [-0.3, -0.25) is 4.79 Å². The molecule has 0 aliphatic carbocycles. The molecular formula is C22H21N5O3. The molecule has 2 aromatic heterocycles. The maximum absolute atomic E-state index is 12.7. The maximum Gasteiger partial charge on any atom is 0.351 e. The Morgan fingerprint density at radius 3 is 2.63 bits per heavy atom. The Morgan fingerprint density at radius 1 is 1.07 bits per heavy atom. The van der Waals surface area contributed by atoms with Crippen LogP contribution in [0.25, 0.3) is 5.65 Å². The van der Waals surface area contributed by atoms with Crippen LogP contribution in [0.1, 0.15) is 16.7 Å². The Kier molecular flexibility index (Phi) is 5.05. The summed E-state index contributed by atoms with van der Waals surface area (Å²) in [4.78, 5) is 29.4. The number of amides is 1. The van der Waals surface area contributed by atoms with Crippen LogP contribution in [0.5, 0.6) is 11.6 Å². The molecule has 0 bridgehead atoms. The van der Waals surface area contributed by atoms with Gasteiger partial charge in [-0.05, 0) is 55.7 Å².